The number of benzene rings is 3. The smallest absolute Gasteiger partial charge is 0.256 e. The highest BCUT2D eigenvalue weighted by atomic mass is 16.2. The molecule has 6 nitrogen and oxygen atoms in total. The molecule has 152 valence electrons. The summed E-state index contributed by atoms with van der Waals surface area (Å²) in [6.07, 6.45) is 0. The second-order valence-electron chi connectivity index (χ2n) is 7.01. The third-order valence-corrected chi connectivity index (χ3v) is 4.72. The Morgan fingerprint density at radius 2 is 1.55 bits per heavy atom. The van der Waals surface area contributed by atoms with Gasteiger partial charge in [-0.2, -0.15) is 0 Å². The highest BCUT2D eigenvalue weighted by Crippen LogP contribution is 2.21. The van der Waals surface area contributed by atoms with E-state index in [1.54, 1.807) is 79.7 Å². The molecule has 0 aliphatic rings. The predicted molar refractivity (Wildman–Crippen MR) is 119 cm³/mol. The minimum absolute atomic E-state index is 0.221. The molecular formula is C25H19N3O3. The minimum Gasteiger partial charge on any atom is -0.322 e. The van der Waals surface area contributed by atoms with Gasteiger partial charge in [0.1, 0.15) is 5.82 Å². The lowest BCUT2D eigenvalue weighted by molar-refractivity contribution is 0.0996. The Kier molecular flexibility index (Phi) is 5.53. The lowest BCUT2D eigenvalue weighted by Gasteiger charge is -2.11. The maximum Gasteiger partial charge on any atom is 0.256 e. The Hall–Kier alpha value is -4.32. The summed E-state index contributed by atoms with van der Waals surface area (Å²) < 4.78 is 0. The van der Waals surface area contributed by atoms with Crippen LogP contribution in [0.15, 0.2) is 89.7 Å². The molecular weight excluding hydrogens is 390 g/mol. The lowest BCUT2D eigenvalue weighted by Crippen LogP contribution is -2.17. The van der Waals surface area contributed by atoms with Crippen molar-refractivity contribution in [3.8, 4) is 11.4 Å². The zero-order valence-corrected chi connectivity index (χ0v) is 16.8. The first-order valence-electron chi connectivity index (χ1n) is 9.70. The van der Waals surface area contributed by atoms with E-state index in [2.05, 4.69) is 15.3 Å². The van der Waals surface area contributed by atoms with Gasteiger partial charge in [-0.05, 0) is 25.1 Å². The van der Waals surface area contributed by atoms with Crippen LogP contribution in [0.25, 0.3) is 11.4 Å². The highest BCUT2D eigenvalue weighted by molar-refractivity contribution is 6.17. The van der Waals surface area contributed by atoms with Crippen LogP contribution in [0.3, 0.4) is 0 Å². The average Bonchev–Trinajstić information content (AvgIpc) is 2.79. The Balaban J connectivity index is 1.63. The monoisotopic (exact) mass is 409 g/mol. The fourth-order valence-electron chi connectivity index (χ4n) is 3.28. The van der Waals surface area contributed by atoms with Crippen molar-refractivity contribution in [2.75, 3.05) is 5.32 Å². The first-order valence-corrected chi connectivity index (χ1v) is 9.70. The van der Waals surface area contributed by atoms with E-state index in [0.29, 0.717) is 33.9 Å². The summed E-state index contributed by atoms with van der Waals surface area (Å²) in [6.45, 7) is 1.74. The van der Waals surface area contributed by atoms with Crippen LogP contribution in [-0.4, -0.2) is 21.7 Å². The van der Waals surface area contributed by atoms with Crippen molar-refractivity contribution in [2.45, 2.75) is 6.92 Å². The second kappa shape index (κ2) is 8.59. The van der Waals surface area contributed by atoms with Crippen molar-refractivity contribution in [2.24, 2.45) is 0 Å². The van der Waals surface area contributed by atoms with Gasteiger partial charge < -0.3 is 10.3 Å². The van der Waals surface area contributed by atoms with Gasteiger partial charge in [0.15, 0.2) is 5.78 Å². The van der Waals surface area contributed by atoms with Gasteiger partial charge in [0.2, 0.25) is 0 Å². The molecule has 4 rings (SSSR count). The lowest BCUT2D eigenvalue weighted by atomic mass is 9.98. The van der Waals surface area contributed by atoms with E-state index >= 15 is 0 Å². The predicted octanol–water partition coefficient (Wildman–Crippen LogP) is 4.23. The van der Waals surface area contributed by atoms with Crippen LogP contribution < -0.4 is 10.9 Å². The number of carbonyl (C=O) groups is 2. The van der Waals surface area contributed by atoms with Crippen LogP contribution in [0.5, 0.6) is 0 Å². The summed E-state index contributed by atoms with van der Waals surface area (Å²) in [6, 6.07) is 24.0. The number of aryl methyl sites for hydroxylation is 1. The van der Waals surface area contributed by atoms with E-state index < -0.39 is 5.91 Å². The first-order chi connectivity index (χ1) is 15.0. The number of hydrogen-bond acceptors (Lipinski definition) is 4. The van der Waals surface area contributed by atoms with Crippen molar-refractivity contribution in [1.29, 1.82) is 0 Å². The van der Waals surface area contributed by atoms with Gasteiger partial charge in [0, 0.05) is 34.1 Å². The molecule has 31 heavy (non-hydrogen) atoms. The number of aromatic amines is 1. The largest absolute Gasteiger partial charge is 0.322 e. The Morgan fingerprint density at radius 3 is 2.29 bits per heavy atom. The summed E-state index contributed by atoms with van der Waals surface area (Å²) in [7, 11) is 0. The van der Waals surface area contributed by atoms with Crippen LogP contribution in [0.4, 0.5) is 5.69 Å². The number of anilines is 1. The summed E-state index contributed by atoms with van der Waals surface area (Å²) in [5.74, 6) is -0.204. The van der Waals surface area contributed by atoms with Crippen molar-refractivity contribution >= 4 is 17.4 Å². The SMILES string of the molecule is Cc1cc(=O)[nH]c(-c2cccc(NC(=O)c3ccccc3C(=O)c3ccccc3)c2)n1. The summed E-state index contributed by atoms with van der Waals surface area (Å²) in [5, 5.41) is 2.83. The fourth-order valence-corrected chi connectivity index (χ4v) is 3.28. The highest BCUT2D eigenvalue weighted by Gasteiger charge is 2.18. The molecule has 0 aliphatic heterocycles. The summed E-state index contributed by atoms with van der Waals surface area (Å²) >= 11 is 0. The van der Waals surface area contributed by atoms with E-state index in [4.69, 9.17) is 0 Å². The molecule has 0 radical (unpaired) electrons. The number of carbonyl (C=O) groups excluding carboxylic acids is 2. The topological polar surface area (TPSA) is 91.9 Å². The molecule has 1 aromatic heterocycles. The number of rotatable bonds is 5. The molecule has 0 saturated heterocycles. The maximum atomic E-state index is 13.0. The number of hydrogen-bond donors (Lipinski definition) is 2. The quantitative estimate of drug-likeness (QED) is 0.483. The first kappa shape index (κ1) is 20.0. The maximum absolute atomic E-state index is 13.0. The van der Waals surface area contributed by atoms with Crippen molar-refractivity contribution in [3.05, 3.63) is 118 Å². The molecule has 0 saturated carbocycles. The number of nitrogens with one attached hydrogen (secondary N) is 2. The second-order valence-corrected chi connectivity index (χ2v) is 7.01. The van der Waals surface area contributed by atoms with Gasteiger partial charge in [-0.3, -0.25) is 14.4 Å². The summed E-state index contributed by atoms with van der Waals surface area (Å²) in [4.78, 5) is 44.7. The third-order valence-electron chi connectivity index (χ3n) is 4.72. The standard InChI is InChI=1S/C25H19N3O3/c1-16-14-22(29)28-24(26-16)18-10-7-11-19(15-18)27-25(31)21-13-6-5-12-20(21)23(30)17-8-3-2-4-9-17/h2-15H,1H3,(H,27,31)(H,26,28,29). The molecule has 0 spiro atoms. The van der Waals surface area contributed by atoms with Gasteiger partial charge in [-0.15, -0.1) is 0 Å². The fraction of sp³-hybridized carbons (Fsp3) is 0.0400. The number of amides is 1. The Labute approximate surface area is 178 Å². The number of H-pyrrole nitrogens is 1. The van der Waals surface area contributed by atoms with E-state index in [-0.39, 0.29) is 16.9 Å². The molecule has 1 heterocycles. The van der Waals surface area contributed by atoms with Gasteiger partial charge in [0.05, 0.1) is 5.56 Å². The average molecular weight is 409 g/mol. The van der Waals surface area contributed by atoms with Crippen LogP contribution >= 0.6 is 0 Å². The zero-order chi connectivity index (χ0) is 21.8. The van der Waals surface area contributed by atoms with Crippen molar-refractivity contribution in [3.63, 3.8) is 0 Å². The molecule has 0 unspecified atom stereocenters. The van der Waals surface area contributed by atoms with Gasteiger partial charge >= 0.3 is 0 Å². The van der Waals surface area contributed by atoms with Crippen molar-refractivity contribution < 1.29 is 9.59 Å². The summed E-state index contributed by atoms with van der Waals surface area (Å²) in [5.41, 5.74) is 2.66. The van der Waals surface area contributed by atoms with E-state index in [9.17, 15) is 14.4 Å². The van der Waals surface area contributed by atoms with Crippen LogP contribution in [0, 0.1) is 6.92 Å². The van der Waals surface area contributed by atoms with Crippen LogP contribution in [0.2, 0.25) is 0 Å². The molecule has 0 atom stereocenters. The van der Waals surface area contributed by atoms with Gasteiger partial charge in [0.25, 0.3) is 11.5 Å². The van der Waals surface area contributed by atoms with E-state index in [1.807, 2.05) is 6.07 Å². The van der Waals surface area contributed by atoms with Crippen molar-refractivity contribution in [1.82, 2.24) is 9.97 Å². The normalized spacial score (nSPS) is 10.5. The number of aromatic nitrogens is 2. The third kappa shape index (κ3) is 4.48. The zero-order valence-electron chi connectivity index (χ0n) is 16.8. The molecule has 3 aromatic carbocycles. The minimum atomic E-state index is -0.400. The van der Waals surface area contributed by atoms with Gasteiger partial charge in [-0.1, -0.05) is 60.7 Å². The van der Waals surface area contributed by atoms with E-state index in [1.165, 1.54) is 6.07 Å². The number of nitrogens with zero attached hydrogens (tertiary/aromatic N) is 1. The molecule has 4 aromatic rings. The molecule has 0 aliphatic carbocycles. The Bertz CT molecular complexity index is 1330. The molecule has 0 fully saturated rings. The van der Waals surface area contributed by atoms with E-state index in [0.717, 1.165) is 0 Å². The van der Waals surface area contributed by atoms with Gasteiger partial charge in [-0.25, -0.2) is 4.98 Å². The molecule has 2 N–H and O–H groups in total. The number of ketones is 1. The molecule has 0 bridgehead atoms. The molecule has 6 heteroatoms. The van der Waals surface area contributed by atoms with Crippen LogP contribution in [0.1, 0.15) is 32.0 Å². The molecule has 1 amide bonds. The van der Waals surface area contributed by atoms with Crippen LogP contribution in [-0.2, 0) is 0 Å². The Morgan fingerprint density at radius 1 is 0.839 bits per heavy atom.